The topological polar surface area (TPSA) is 71.4 Å². The van der Waals surface area contributed by atoms with Crippen LogP contribution in [0, 0.1) is 0 Å². The van der Waals surface area contributed by atoms with Crippen LogP contribution in [-0.4, -0.2) is 26.3 Å². The lowest BCUT2D eigenvalue weighted by atomic mass is 10.0. The van der Waals surface area contributed by atoms with Crippen LogP contribution in [0.5, 0.6) is 0 Å². The van der Waals surface area contributed by atoms with Crippen molar-refractivity contribution in [1.29, 1.82) is 0 Å². The number of pyridine rings is 1. The molecule has 2 aromatic carbocycles. The fourth-order valence-electron chi connectivity index (χ4n) is 2.49. The highest BCUT2D eigenvalue weighted by Gasteiger charge is 2.16. The molecule has 128 valence electrons. The van der Waals surface area contributed by atoms with Gasteiger partial charge in [0.2, 0.25) is 0 Å². The van der Waals surface area contributed by atoms with E-state index in [0.717, 1.165) is 26.5 Å². The molecular weight excluding hydrogens is 402 g/mol. The molecule has 1 heterocycles. The molecular formula is C18H16BrN3O2S. The summed E-state index contributed by atoms with van der Waals surface area (Å²) in [5.41, 5.74) is 1.75. The van der Waals surface area contributed by atoms with E-state index in [1.54, 1.807) is 37.4 Å². The number of aliphatic imine (C=N–C) groups is 1. The average molecular weight is 418 g/mol. The monoisotopic (exact) mass is 417 g/mol. The zero-order valence-corrected chi connectivity index (χ0v) is 16.1. The predicted molar refractivity (Wildman–Crippen MR) is 104 cm³/mol. The quantitative estimate of drug-likeness (QED) is 0.517. The molecule has 25 heavy (non-hydrogen) atoms. The molecule has 0 radical (unpaired) electrons. The lowest BCUT2D eigenvalue weighted by molar-refractivity contribution is 0.592. The molecule has 0 unspecified atom stereocenters. The molecule has 0 fully saturated rings. The summed E-state index contributed by atoms with van der Waals surface area (Å²) >= 11 is 3.54. The summed E-state index contributed by atoms with van der Waals surface area (Å²) in [4.78, 5) is 8.50. The largest absolute Gasteiger partial charge is 0.275 e. The molecule has 1 aromatic heterocycles. The second kappa shape index (κ2) is 6.93. The molecule has 0 aliphatic rings. The third-order valence-corrected chi connectivity index (χ3v) is 5.92. The minimum absolute atomic E-state index is 0.187. The van der Waals surface area contributed by atoms with Crippen molar-refractivity contribution in [2.45, 2.75) is 11.8 Å². The Morgan fingerprint density at radius 1 is 1.16 bits per heavy atom. The number of aromatic nitrogens is 1. The SMILES string of the molecule is CN=C(C)NS(=O)(=O)c1ccc2c(-c3ccccc3Br)nccc2c1. The highest BCUT2D eigenvalue weighted by atomic mass is 79.9. The van der Waals surface area contributed by atoms with E-state index in [0.29, 0.717) is 5.84 Å². The number of hydrogen-bond acceptors (Lipinski definition) is 4. The van der Waals surface area contributed by atoms with Crippen LogP contribution in [0.1, 0.15) is 6.92 Å². The molecule has 0 spiro atoms. The smallest absolute Gasteiger partial charge is 0.262 e. The standard InChI is InChI=1S/C18H16BrN3O2S/c1-12(20-2)22-25(23,24)14-7-8-15-13(11-14)9-10-21-18(15)16-5-3-4-6-17(16)19/h3-11H,1-2H3,(H,20,22). The van der Waals surface area contributed by atoms with Crippen LogP contribution in [0.3, 0.4) is 0 Å². The second-order valence-corrected chi connectivity index (χ2v) is 7.97. The number of nitrogens with one attached hydrogen (secondary N) is 1. The van der Waals surface area contributed by atoms with Crippen molar-refractivity contribution in [3.8, 4) is 11.3 Å². The molecule has 3 rings (SSSR count). The summed E-state index contributed by atoms with van der Waals surface area (Å²) in [6, 6.07) is 14.6. The third-order valence-electron chi connectivity index (χ3n) is 3.79. The van der Waals surface area contributed by atoms with E-state index in [-0.39, 0.29) is 4.90 Å². The molecule has 7 heteroatoms. The molecule has 0 saturated carbocycles. The Morgan fingerprint density at radius 2 is 1.92 bits per heavy atom. The van der Waals surface area contributed by atoms with Gasteiger partial charge in [-0.3, -0.25) is 14.7 Å². The highest BCUT2D eigenvalue weighted by Crippen LogP contribution is 2.32. The maximum absolute atomic E-state index is 12.4. The number of amidine groups is 1. The van der Waals surface area contributed by atoms with Gasteiger partial charge in [-0.1, -0.05) is 40.2 Å². The van der Waals surface area contributed by atoms with Gasteiger partial charge in [0.15, 0.2) is 0 Å². The molecule has 3 aromatic rings. The Balaban J connectivity index is 2.14. The maximum atomic E-state index is 12.4. The van der Waals surface area contributed by atoms with Crippen molar-refractivity contribution in [3.63, 3.8) is 0 Å². The molecule has 0 aliphatic heterocycles. The van der Waals surface area contributed by atoms with E-state index < -0.39 is 10.0 Å². The Kier molecular flexibility index (Phi) is 4.87. The summed E-state index contributed by atoms with van der Waals surface area (Å²) in [6.07, 6.45) is 1.68. The van der Waals surface area contributed by atoms with Gasteiger partial charge in [-0.15, -0.1) is 0 Å². The fraction of sp³-hybridized carbons (Fsp3) is 0.111. The second-order valence-electron chi connectivity index (χ2n) is 5.44. The van der Waals surface area contributed by atoms with E-state index in [1.807, 2.05) is 24.3 Å². The van der Waals surface area contributed by atoms with Crippen molar-refractivity contribution >= 4 is 42.6 Å². The minimum Gasteiger partial charge on any atom is -0.275 e. The first-order valence-corrected chi connectivity index (χ1v) is 9.80. The van der Waals surface area contributed by atoms with Gasteiger partial charge in [0, 0.05) is 28.7 Å². The first-order chi connectivity index (χ1) is 11.9. The summed E-state index contributed by atoms with van der Waals surface area (Å²) in [5, 5.41) is 1.68. The van der Waals surface area contributed by atoms with Gasteiger partial charge >= 0.3 is 0 Å². The number of nitrogens with zero attached hydrogens (tertiary/aromatic N) is 2. The van der Waals surface area contributed by atoms with Gasteiger partial charge < -0.3 is 0 Å². The zero-order valence-electron chi connectivity index (χ0n) is 13.7. The molecule has 1 N–H and O–H groups in total. The van der Waals surface area contributed by atoms with Gasteiger partial charge in [0.1, 0.15) is 5.84 Å². The predicted octanol–water partition coefficient (Wildman–Crippen LogP) is 3.99. The maximum Gasteiger partial charge on any atom is 0.262 e. The van der Waals surface area contributed by atoms with Crippen LogP contribution in [0.2, 0.25) is 0 Å². The Morgan fingerprint density at radius 3 is 2.64 bits per heavy atom. The number of fused-ring (bicyclic) bond motifs is 1. The van der Waals surface area contributed by atoms with Crippen LogP contribution in [0.15, 0.2) is 69.1 Å². The number of halogens is 1. The fourth-order valence-corrected chi connectivity index (χ4v) is 4.09. The molecule has 5 nitrogen and oxygen atoms in total. The van der Waals surface area contributed by atoms with E-state index >= 15 is 0 Å². The van der Waals surface area contributed by atoms with E-state index in [1.165, 1.54) is 7.05 Å². The molecule has 0 atom stereocenters. The van der Waals surface area contributed by atoms with Gasteiger partial charge in [0.25, 0.3) is 10.0 Å². The molecule has 0 amide bonds. The van der Waals surface area contributed by atoms with Crippen molar-refractivity contribution in [1.82, 2.24) is 9.71 Å². The Labute approximate surface area is 155 Å². The van der Waals surface area contributed by atoms with Crippen LogP contribution >= 0.6 is 15.9 Å². The van der Waals surface area contributed by atoms with E-state index in [4.69, 9.17) is 0 Å². The normalized spacial score (nSPS) is 12.4. The van der Waals surface area contributed by atoms with Crippen LogP contribution < -0.4 is 4.72 Å². The number of hydrogen-bond donors (Lipinski definition) is 1. The third kappa shape index (κ3) is 3.57. The minimum atomic E-state index is -3.66. The number of rotatable bonds is 3. The first-order valence-electron chi connectivity index (χ1n) is 7.52. The lowest BCUT2D eigenvalue weighted by Gasteiger charge is -2.11. The summed E-state index contributed by atoms with van der Waals surface area (Å²) in [5.74, 6) is 0.337. The lowest BCUT2D eigenvalue weighted by Crippen LogP contribution is -2.28. The van der Waals surface area contributed by atoms with Crippen LogP contribution in [0.4, 0.5) is 0 Å². The van der Waals surface area contributed by atoms with Crippen molar-refractivity contribution in [2.75, 3.05) is 7.05 Å². The molecule has 0 bridgehead atoms. The van der Waals surface area contributed by atoms with Gasteiger partial charge in [-0.2, -0.15) is 0 Å². The van der Waals surface area contributed by atoms with Crippen molar-refractivity contribution in [2.24, 2.45) is 4.99 Å². The van der Waals surface area contributed by atoms with E-state index in [9.17, 15) is 8.42 Å². The van der Waals surface area contributed by atoms with Gasteiger partial charge in [-0.05, 0) is 36.6 Å². The Hall–Kier alpha value is -2.25. The highest BCUT2D eigenvalue weighted by molar-refractivity contribution is 9.10. The molecule has 0 aliphatic carbocycles. The summed E-state index contributed by atoms with van der Waals surface area (Å²) in [6.45, 7) is 1.60. The summed E-state index contributed by atoms with van der Waals surface area (Å²) < 4.78 is 28.3. The van der Waals surface area contributed by atoms with Crippen LogP contribution in [-0.2, 0) is 10.0 Å². The number of benzene rings is 2. The average Bonchev–Trinajstić information content (AvgIpc) is 2.61. The molecule has 0 saturated heterocycles. The number of sulfonamides is 1. The van der Waals surface area contributed by atoms with Crippen molar-refractivity contribution in [3.05, 3.63) is 59.2 Å². The Bertz CT molecular complexity index is 1080. The van der Waals surface area contributed by atoms with Gasteiger partial charge in [0.05, 0.1) is 10.6 Å². The van der Waals surface area contributed by atoms with Crippen molar-refractivity contribution < 1.29 is 8.42 Å². The van der Waals surface area contributed by atoms with E-state index in [2.05, 4.69) is 30.6 Å². The first kappa shape index (κ1) is 17.6. The zero-order chi connectivity index (χ0) is 18.0. The van der Waals surface area contributed by atoms with Gasteiger partial charge in [-0.25, -0.2) is 8.42 Å². The summed E-state index contributed by atoms with van der Waals surface area (Å²) in [7, 11) is -2.12. The van der Waals surface area contributed by atoms with Crippen LogP contribution in [0.25, 0.3) is 22.0 Å².